The standard InChI is InChI=1S/C66H42N2/c1-2-14-48(15-3-1)66-67-64(42-65(68-66)55-21-12-20-50(38-55)53-34-25-43-13-4-5-16-49(43)37-53)47-32-30-45(31-33-47)58-36-35-57(59-23-10-11-24-60(58)59)44-26-28-46(29-27-44)61-41-54-19-8-9-22-56(54)62-39-51-17-6-7-18-52(51)40-63(61)62/h1-42H. The first-order chi connectivity index (χ1) is 33.7. The van der Waals surface area contributed by atoms with Gasteiger partial charge in [0.1, 0.15) is 0 Å². The molecule has 0 amide bonds. The van der Waals surface area contributed by atoms with Gasteiger partial charge in [0.15, 0.2) is 5.82 Å². The summed E-state index contributed by atoms with van der Waals surface area (Å²) >= 11 is 0. The first-order valence-corrected chi connectivity index (χ1v) is 23.3. The first kappa shape index (κ1) is 39.4. The van der Waals surface area contributed by atoms with Gasteiger partial charge in [-0.1, -0.05) is 218 Å². The van der Waals surface area contributed by atoms with Crippen LogP contribution in [0.1, 0.15) is 0 Å². The van der Waals surface area contributed by atoms with Gasteiger partial charge in [-0.05, 0) is 135 Å². The van der Waals surface area contributed by atoms with Crippen molar-refractivity contribution in [3.63, 3.8) is 0 Å². The first-order valence-electron chi connectivity index (χ1n) is 23.3. The molecule has 13 rings (SSSR count). The molecule has 0 saturated carbocycles. The molecular formula is C66H42N2. The zero-order valence-corrected chi connectivity index (χ0v) is 37.1. The molecule has 0 aliphatic carbocycles. The van der Waals surface area contributed by atoms with E-state index < -0.39 is 0 Å². The molecule has 2 nitrogen and oxygen atoms in total. The van der Waals surface area contributed by atoms with E-state index in [-0.39, 0.29) is 0 Å². The van der Waals surface area contributed by atoms with Crippen LogP contribution in [0, 0.1) is 0 Å². The summed E-state index contributed by atoms with van der Waals surface area (Å²) in [6.45, 7) is 0. The molecule has 0 aliphatic heterocycles. The fourth-order valence-corrected chi connectivity index (χ4v) is 10.2. The molecule has 0 radical (unpaired) electrons. The van der Waals surface area contributed by atoms with Gasteiger partial charge in [-0.25, -0.2) is 9.97 Å². The summed E-state index contributed by atoms with van der Waals surface area (Å²) in [6, 6.07) is 92.1. The quantitative estimate of drug-likeness (QED) is 0.118. The second-order valence-corrected chi connectivity index (χ2v) is 17.7. The maximum Gasteiger partial charge on any atom is 0.160 e. The molecule has 0 unspecified atom stereocenters. The highest BCUT2D eigenvalue weighted by molar-refractivity contribution is 6.17. The van der Waals surface area contributed by atoms with Gasteiger partial charge in [-0.15, -0.1) is 0 Å². The largest absolute Gasteiger partial charge is 0.228 e. The molecule has 0 fully saturated rings. The monoisotopic (exact) mass is 862 g/mol. The Morgan fingerprint density at radius 2 is 0.647 bits per heavy atom. The Kier molecular flexibility index (Phi) is 9.54. The number of rotatable bonds is 7. The van der Waals surface area contributed by atoms with Crippen LogP contribution in [0.4, 0.5) is 0 Å². The number of aromatic nitrogens is 2. The van der Waals surface area contributed by atoms with Crippen LogP contribution < -0.4 is 0 Å². The van der Waals surface area contributed by atoms with Crippen LogP contribution in [0.3, 0.4) is 0 Å². The lowest BCUT2D eigenvalue weighted by molar-refractivity contribution is 1.18. The molecule has 1 heterocycles. The van der Waals surface area contributed by atoms with Gasteiger partial charge in [0.2, 0.25) is 0 Å². The zero-order chi connectivity index (χ0) is 45.0. The molecule has 0 bridgehead atoms. The molecule has 2 heteroatoms. The van der Waals surface area contributed by atoms with Crippen molar-refractivity contribution in [1.82, 2.24) is 9.97 Å². The van der Waals surface area contributed by atoms with Crippen molar-refractivity contribution < 1.29 is 0 Å². The molecule has 12 aromatic carbocycles. The van der Waals surface area contributed by atoms with Crippen LogP contribution in [-0.2, 0) is 0 Å². The highest BCUT2D eigenvalue weighted by atomic mass is 14.9. The summed E-state index contributed by atoms with van der Waals surface area (Å²) in [5.41, 5.74) is 14.4. The Morgan fingerprint density at radius 3 is 1.31 bits per heavy atom. The van der Waals surface area contributed by atoms with E-state index in [0.717, 1.165) is 39.2 Å². The van der Waals surface area contributed by atoms with Crippen molar-refractivity contribution in [3.8, 4) is 78.4 Å². The molecular weight excluding hydrogens is 821 g/mol. The molecule has 68 heavy (non-hydrogen) atoms. The Labute approximate surface area is 395 Å². The van der Waals surface area contributed by atoms with Crippen LogP contribution in [0.15, 0.2) is 255 Å². The van der Waals surface area contributed by atoms with Crippen molar-refractivity contribution >= 4 is 53.9 Å². The lowest BCUT2D eigenvalue weighted by Gasteiger charge is -2.15. The van der Waals surface area contributed by atoms with E-state index in [2.05, 4.69) is 237 Å². The molecule has 0 saturated heterocycles. The van der Waals surface area contributed by atoms with Crippen LogP contribution in [0.2, 0.25) is 0 Å². The molecule has 316 valence electrons. The molecule has 0 atom stereocenters. The lowest BCUT2D eigenvalue weighted by Crippen LogP contribution is -1.96. The number of hydrogen-bond donors (Lipinski definition) is 0. The maximum atomic E-state index is 5.17. The van der Waals surface area contributed by atoms with Crippen molar-refractivity contribution in [3.05, 3.63) is 255 Å². The fourth-order valence-electron chi connectivity index (χ4n) is 10.2. The fraction of sp³-hybridized carbons (Fsp3) is 0. The van der Waals surface area contributed by atoms with Crippen molar-refractivity contribution in [1.29, 1.82) is 0 Å². The SMILES string of the molecule is c1ccc(-c2nc(-c3ccc(-c4ccc(-c5ccc(-c6cc7ccccc7c7cc8ccccc8cc67)cc5)c5ccccc45)cc3)cc(-c3cccc(-c4ccc5ccccc5c4)c3)n2)cc1. The van der Waals surface area contributed by atoms with Crippen molar-refractivity contribution in [2.45, 2.75) is 0 Å². The Bertz CT molecular complexity index is 4060. The van der Waals surface area contributed by atoms with Gasteiger partial charge in [0.05, 0.1) is 11.4 Å². The van der Waals surface area contributed by atoms with Gasteiger partial charge in [0.25, 0.3) is 0 Å². The van der Waals surface area contributed by atoms with E-state index in [9.17, 15) is 0 Å². The van der Waals surface area contributed by atoms with Gasteiger partial charge >= 0.3 is 0 Å². The highest BCUT2D eigenvalue weighted by Crippen LogP contribution is 2.41. The topological polar surface area (TPSA) is 25.8 Å². The van der Waals surface area contributed by atoms with E-state index in [1.165, 1.54) is 87.2 Å². The molecule has 1 aromatic heterocycles. The van der Waals surface area contributed by atoms with Crippen LogP contribution in [0.5, 0.6) is 0 Å². The third-order valence-electron chi connectivity index (χ3n) is 13.6. The molecule has 0 spiro atoms. The van der Waals surface area contributed by atoms with Crippen LogP contribution in [0.25, 0.3) is 132 Å². The van der Waals surface area contributed by atoms with Crippen LogP contribution >= 0.6 is 0 Å². The lowest BCUT2D eigenvalue weighted by atomic mass is 9.89. The summed E-state index contributed by atoms with van der Waals surface area (Å²) in [7, 11) is 0. The molecule has 0 N–H and O–H groups in total. The second-order valence-electron chi connectivity index (χ2n) is 17.7. The van der Waals surface area contributed by atoms with E-state index in [4.69, 9.17) is 9.97 Å². The number of benzene rings is 12. The van der Waals surface area contributed by atoms with Crippen LogP contribution in [-0.4, -0.2) is 9.97 Å². The van der Waals surface area contributed by atoms with E-state index in [1.54, 1.807) is 0 Å². The summed E-state index contributed by atoms with van der Waals surface area (Å²) in [4.78, 5) is 10.3. The normalized spacial score (nSPS) is 11.5. The predicted molar refractivity (Wildman–Crippen MR) is 288 cm³/mol. The zero-order valence-electron chi connectivity index (χ0n) is 37.1. The minimum Gasteiger partial charge on any atom is -0.228 e. The molecule has 13 aromatic rings. The van der Waals surface area contributed by atoms with Gasteiger partial charge in [-0.2, -0.15) is 0 Å². The third-order valence-corrected chi connectivity index (χ3v) is 13.6. The van der Waals surface area contributed by atoms with E-state index in [0.29, 0.717) is 5.82 Å². The second kappa shape index (κ2) is 16.5. The average Bonchev–Trinajstić information content (AvgIpc) is 3.42. The van der Waals surface area contributed by atoms with E-state index >= 15 is 0 Å². The van der Waals surface area contributed by atoms with Gasteiger partial charge < -0.3 is 0 Å². The Balaban J connectivity index is 0.843. The summed E-state index contributed by atoms with van der Waals surface area (Å²) < 4.78 is 0. The average molecular weight is 863 g/mol. The Hall–Kier alpha value is -8.98. The maximum absolute atomic E-state index is 5.17. The van der Waals surface area contributed by atoms with E-state index in [1.807, 2.05) is 18.2 Å². The number of hydrogen-bond acceptors (Lipinski definition) is 2. The third kappa shape index (κ3) is 7.08. The highest BCUT2D eigenvalue weighted by Gasteiger charge is 2.16. The molecule has 0 aliphatic rings. The number of nitrogens with zero attached hydrogens (tertiary/aromatic N) is 2. The van der Waals surface area contributed by atoms with Gasteiger partial charge in [0, 0.05) is 16.7 Å². The van der Waals surface area contributed by atoms with Crippen molar-refractivity contribution in [2.75, 3.05) is 0 Å². The number of fused-ring (bicyclic) bond motifs is 6. The summed E-state index contributed by atoms with van der Waals surface area (Å²) in [5.74, 6) is 0.701. The van der Waals surface area contributed by atoms with Gasteiger partial charge in [-0.3, -0.25) is 0 Å². The Morgan fingerprint density at radius 1 is 0.191 bits per heavy atom. The minimum absolute atomic E-state index is 0.701. The summed E-state index contributed by atoms with van der Waals surface area (Å²) in [5, 5.41) is 12.5. The van der Waals surface area contributed by atoms with Crippen molar-refractivity contribution in [2.24, 2.45) is 0 Å². The predicted octanol–water partition coefficient (Wildman–Crippen LogP) is 17.9. The summed E-state index contributed by atoms with van der Waals surface area (Å²) in [6.07, 6.45) is 0. The smallest absolute Gasteiger partial charge is 0.160 e. The minimum atomic E-state index is 0.701.